The third kappa shape index (κ3) is 4.03. The molecule has 0 aromatic heterocycles. The van der Waals surface area contributed by atoms with Crippen LogP contribution in [-0.4, -0.2) is 37.2 Å². The van der Waals surface area contributed by atoms with Crippen LogP contribution in [0.4, 0.5) is 0 Å². The van der Waals surface area contributed by atoms with Gasteiger partial charge in [0.1, 0.15) is 5.54 Å². The number of hydrogen-bond acceptors (Lipinski definition) is 4. The highest BCUT2D eigenvalue weighted by Crippen LogP contribution is 2.32. The van der Waals surface area contributed by atoms with E-state index < -0.39 is 21.5 Å². The lowest BCUT2D eigenvalue weighted by Crippen LogP contribution is -2.68. The van der Waals surface area contributed by atoms with Gasteiger partial charge in [0.15, 0.2) is 0 Å². The van der Waals surface area contributed by atoms with Crippen molar-refractivity contribution in [2.45, 2.75) is 30.2 Å². The predicted molar refractivity (Wildman–Crippen MR) is 119 cm³/mol. The van der Waals surface area contributed by atoms with Gasteiger partial charge in [0.25, 0.3) is 15.9 Å². The maximum absolute atomic E-state index is 13.0. The number of carbonyl (C=O) groups excluding carboxylic acids is 2. The summed E-state index contributed by atoms with van der Waals surface area (Å²) in [5.41, 5.74) is -0.354. The molecule has 2 amide bonds. The second-order valence-electron chi connectivity index (χ2n) is 7.77. The van der Waals surface area contributed by atoms with E-state index >= 15 is 0 Å². The molecule has 1 saturated heterocycles. The van der Waals surface area contributed by atoms with Crippen LogP contribution in [0.25, 0.3) is 10.8 Å². The summed E-state index contributed by atoms with van der Waals surface area (Å²) in [6.45, 7) is 1.98. The highest BCUT2D eigenvalue weighted by molar-refractivity contribution is 7.90. The molecule has 0 bridgehead atoms. The number of hydrogen-bond donors (Lipinski definition) is 1. The quantitative estimate of drug-likeness (QED) is 0.636. The van der Waals surface area contributed by atoms with Gasteiger partial charge in [0.2, 0.25) is 5.91 Å². The molecule has 1 unspecified atom stereocenters. The van der Waals surface area contributed by atoms with Crippen molar-refractivity contribution in [3.8, 4) is 0 Å². The lowest BCUT2D eigenvalue weighted by Gasteiger charge is -2.49. The summed E-state index contributed by atoms with van der Waals surface area (Å²) in [7, 11) is -4.07. The first kappa shape index (κ1) is 21.3. The number of benzene rings is 3. The van der Waals surface area contributed by atoms with Gasteiger partial charge in [-0.2, -0.15) is 0 Å². The molecular weight excluding hydrogens is 436 g/mol. The molecule has 0 aliphatic carbocycles. The summed E-state index contributed by atoms with van der Waals surface area (Å²) in [6.07, 6.45) is 0.518. The van der Waals surface area contributed by atoms with Crippen LogP contribution in [-0.2, 0) is 26.0 Å². The fraction of sp³-hybridized carbons (Fsp3) is 0.217. The van der Waals surface area contributed by atoms with Crippen molar-refractivity contribution in [3.05, 3.63) is 77.3 Å². The van der Waals surface area contributed by atoms with E-state index in [9.17, 15) is 18.0 Å². The number of carbonyl (C=O) groups is 2. The van der Waals surface area contributed by atoms with Crippen molar-refractivity contribution in [3.63, 3.8) is 0 Å². The Kier molecular flexibility index (Phi) is 5.49. The SMILES string of the molecule is CC1(C(=O)NS(=O)(=O)c2ccc(Cl)cc2)CCN1C(=O)Cc1cccc2ccccc12. The summed E-state index contributed by atoms with van der Waals surface area (Å²) in [6, 6.07) is 19.1. The molecule has 8 heteroatoms. The summed E-state index contributed by atoms with van der Waals surface area (Å²) in [4.78, 5) is 27.3. The number of sulfonamides is 1. The van der Waals surface area contributed by atoms with Gasteiger partial charge >= 0.3 is 0 Å². The monoisotopic (exact) mass is 456 g/mol. The van der Waals surface area contributed by atoms with Crippen molar-refractivity contribution >= 4 is 44.2 Å². The third-order valence-electron chi connectivity index (χ3n) is 5.78. The molecule has 0 saturated carbocycles. The van der Waals surface area contributed by atoms with E-state index in [-0.39, 0.29) is 17.2 Å². The Balaban J connectivity index is 1.51. The molecule has 31 heavy (non-hydrogen) atoms. The number of halogens is 1. The van der Waals surface area contributed by atoms with Gasteiger partial charge in [-0.05, 0) is 53.9 Å². The molecule has 4 rings (SSSR count). The van der Waals surface area contributed by atoms with Crippen molar-refractivity contribution in [1.29, 1.82) is 0 Å². The number of amides is 2. The van der Waals surface area contributed by atoms with Crippen molar-refractivity contribution < 1.29 is 18.0 Å². The summed E-state index contributed by atoms with van der Waals surface area (Å²) < 4.78 is 27.3. The molecule has 0 spiro atoms. The number of likely N-dealkylation sites (tertiary alicyclic amines) is 1. The van der Waals surface area contributed by atoms with Crippen LogP contribution in [0.3, 0.4) is 0 Å². The molecule has 1 aliphatic heterocycles. The summed E-state index contributed by atoms with van der Waals surface area (Å²) >= 11 is 5.80. The third-order valence-corrected chi connectivity index (χ3v) is 7.38. The molecular formula is C23H21ClN2O4S. The Morgan fingerprint density at radius 3 is 2.39 bits per heavy atom. The van der Waals surface area contributed by atoms with Crippen molar-refractivity contribution in [2.75, 3.05) is 6.54 Å². The van der Waals surface area contributed by atoms with Crippen molar-refractivity contribution in [2.24, 2.45) is 0 Å². The zero-order chi connectivity index (χ0) is 22.2. The van der Waals surface area contributed by atoms with Gasteiger partial charge < -0.3 is 4.90 Å². The lowest BCUT2D eigenvalue weighted by atomic mass is 9.85. The van der Waals surface area contributed by atoms with Crippen molar-refractivity contribution in [1.82, 2.24) is 9.62 Å². The average Bonchev–Trinajstić information content (AvgIpc) is 2.72. The molecule has 1 atom stereocenters. The van der Waals surface area contributed by atoms with Gasteiger partial charge in [-0.3, -0.25) is 9.59 Å². The van der Waals surface area contributed by atoms with Gasteiger partial charge in [0.05, 0.1) is 11.3 Å². The normalized spacial score (nSPS) is 18.5. The van der Waals surface area contributed by atoms with Crippen LogP contribution in [0, 0.1) is 0 Å². The summed E-state index contributed by atoms with van der Waals surface area (Å²) in [5, 5.41) is 2.41. The molecule has 3 aromatic rings. The first-order valence-corrected chi connectivity index (χ1v) is 11.7. The first-order valence-electron chi connectivity index (χ1n) is 9.81. The molecule has 1 aliphatic rings. The molecule has 1 heterocycles. The van der Waals surface area contributed by atoms with Crippen LogP contribution >= 0.6 is 11.6 Å². The maximum atomic E-state index is 13.0. The molecule has 160 valence electrons. The standard InChI is InChI=1S/C23H21ClN2O4S/c1-23(22(28)25-31(29,30)19-11-9-18(24)10-12-19)13-14-26(23)21(27)15-17-7-4-6-16-5-2-3-8-20(16)17/h2-12H,13-15H2,1H3,(H,25,28). The van der Waals surface area contributed by atoms with E-state index in [1.54, 1.807) is 6.92 Å². The second kappa shape index (κ2) is 7.98. The van der Waals surface area contributed by atoms with E-state index in [0.29, 0.717) is 18.0 Å². The molecule has 1 fully saturated rings. The minimum Gasteiger partial charge on any atom is -0.328 e. The van der Waals surface area contributed by atoms with Crippen LogP contribution in [0.15, 0.2) is 71.6 Å². The fourth-order valence-corrected chi connectivity index (χ4v) is 5.01. The van der Waals surface area contributed by atoms with E-state index in [4.69, 9.17) is 11.6 Å². The lowest BCUT2D eigenvalue weighted by molar-refractivity contribution is -0.156. The Bertz CT molecular complexity index is 1270. The van der Waals surface area contributed by atoms with Crippen LogP contribution in [0.5, 0.6) is 0 Å². The van der Waals surface area contributed by atoms with Gasteiger partial charge in [0, 0.05) is 11.6 Å². The maximum Gasteiger partial charge on any atom is 0.264 e. The average molecular weight is 457 g/mol. The Labute approximate surface area is 185 Å². The number of nitrogens with one attached hydrogen (secondary N) is 1. The van der Waals surface area contributed by atoms with Crippen LogP contribution < -0.4 is 4.72 Å². The van der Waals surface area contributed by atoms with E-state index in [2.05, 4.69) is 4.72 Å². The first-order chi connectivity index (χ1) is 14.7. The molecule has 3 aromatic carbocycles. The number of nitrogens with zero attached hydrogens (tertiary/aromatic N) is 1. The van der Waals surface area contributed by atoms with E-state index in [1.807, 2.05) is 42.5 Å². The Morgan fingerprint density at radius 2 is 1.71 bits per heavy atom. The fourth-order valence-electron chi connectivity index (χ4n) is 3.80. The van der Waals surface area contributed by atoms with Gasteiger partial charge in [-0.25, -0.2) is 13.1 Å². The second-order valence-corrected chi connectivity index (χ2v) is 9.89. The van der Waals surface area contributed by atoms with Gasteiger partial charge in [-0.1, -0.05) is 54.1 Å². The molecule has 1 N–H and O–H groups in total. The zero-order valence-corrected chi connectivity index (χ0v) is 18.4. The number of fused-ring (bicyclic) bond motifs is 1. The van der Waals surface area contributed by atoms with E-state index in [0.717, 1.165) is 16.3 Å². The Hall–Kier alpha value is -2.90. The van der Waals surface area contributed by atoms with Crippen LogP contribution in [0.2, 0.25) is 5.02 Å². The van der Waals surface area contributed by atoms with Gasteiger partial charge in [-0.15, -0.1) is 0 Å². The topological polar surface area (TPSA) is 83.6 Å². The summed E-state index contributed by atoms with van der Waals surface area (Å²) in [5.74, 6) is -0.941. The predicted octanol–water partition coefficient (Wildman–Crippen LogP) is 3.53. The van der Waals surface area contributed by atoms with Crippen LogP contribution in [0.1, 0.15) is 18.9 Å². The molecule has 6 nitrogen and oxygen atoms in total. The highest BCUT2D eigenvalue weighted by Gasteiger charge is 2.50. The minimum atomic E-state index is -4.07. The minimum absolute atomic E-state index is 0.0678. The smallest absolute Gasteiger partial charge is 0.264 e. The highest BCUT2D eigenvalue weighted by atomic mass is 35.5. The largest absolute Gasteiger partial charge is 0.328 e. The van der Waals surface area contributed by atoms with E-state index in [1.165, 1.54) is 29.2 Å². The molecule has 0 radical (unpaired) electrons. The number of rotatable bonds is 5. The zero-order valence-electron chi connectivity index (χ0n) is 16.8. The Morgan fingerprint density at radius 1 is 1.03 bits per heavy atom.